The van der Waals surface area contributed by atoms with Crippen LogP contribution in [0.1, 0.15) is 53.8 Å². The van der Waals surface area contributed by atoms with Gasteiger partial charge in [-0.05, 0) is 5.41 Å². The summed E-state index contributed by atoms with van der Waals surface area (Å²) < 4.78 is 117. The summed E-state index contributed by atoms with van der Waals surface area (Å²) in [5, 5.41) is 17.0. The number of nitrogens with zero attached hydrogens (tertiary/aromatic N) is 3. The molecule has 2 unspecified atom stereocenters. The Morgan fingerprint density at radius 1 is 1.33 bits per heavy atom. The Balaban J connectivity index is 1.79. The van der Waals surface area contributed by atoms with E-state index in [1.165, 1.54) is 6.92 Å². The molecule has 0 bridgehead atoms. The Hall–Kier alpha value is -2.91. The van der Waals surface area contributed by atoms with E-state index in [-0.39, 0.29) is 10.4 Å². The first-order valence-corrected chi connectivity index (χ1v) is 12.4. The number of aromatic nitrogens is 3. The van der Waals surface area contributed by atoms with Gasteiger partial charge in [-0.2, -0.15) is 23.0 Å². The molecule has 0 spiro atoms. The zero-order valence-electron chi connectivity index (χ0n) is 18.8. The SMILES string of the molecule is CC1(Cn2nc(C3CC3(F)F)c(C(F)(F)F)c2C(=O)Nc2cc[n+]([O-])c(S(C)(=N)=O)c2)CC(F)(F)C1. The summed E-state index contributed by atoms with van der Waals surface area (Å²) in [6, 6.07) is 1.80. The maximum Gasteiger partial charge on any atom is 0.420 e. The van der Waals surface area contributed by atoms with Gasteiger partial charge in [-0.25, -0.2) is 26.6 Å². The lowest BCUT2D eigenvalue weighted by Gasteiger charge is -2.44. The fourth-order valence-corrected chi connectivity index (χ4v) is 5.30. The van der Waals surface area contributed by atoms with Gasteiger partial charge in [0, 0.05) is 44.2 Å². The highest BCUT2D eigenvalue weighted by Gasteiger charge is 2.62. The van der Waals surface area contributed by atoms with Gasteiger partial charge in [0.2, 0.25) is 5.92 Å². The molecule has 2 atom stereocenters. The lowest BCUT2D eigenvalue weighted by Crippen LogP contribution is -2.47. The molecule has 198 valence electrons. The van der Waals surface area contributed by atoms with Crippen LogP contribution in [0.15, 0.2) is 23.4 Å². The van der Waals surface area contributed by atoms with Crippen molar-refractivity contribution in [3.8, 4) is 0 Å². The summed E-state index contributed by atoms with van der Waals surface area (Å²) in [6.07, 6.45) is -5.91. The molecule has 2 fully saturated rings. The second-order valence-corrected chi connectivity index (χ2v) is 11.8. The Morgan fingerprint density at radius 2 is 1.92 bits per heavy atom. The molecule has 2 saturated carbocycles. The number of alkyl halides is 7. The first kappa shape index (κ1) is 26.2. The number of carbonyl (C=O) groups is 1. The summed E-state index contributed by atoms with van der Waals surface area (Å²) in [4.78, 5) is 13.1. The monoisotopic (exact) mass is 543 g/mol. The minimum absolute atomic E-state index is 0.0846. The molecular formula is C20H20F7N5O3S. The summed E-state index contributed by atoms with van der Waals surface area (Å²) in [5.41, 5.74) is -5.46. The fraction of sp³-hybridized carbons (Fsp3) is 0.550. The van der Waals surface area contributed by atoms with Gasteiger partial charge < -0.3 is 10.5 Å². The maximum atomic E-state index is 14.1. The van der Waals surface area contributed by atoms with Crippen LogP contribution >= 0.6 is 0 Å². The van der Waals surface area contributed by atoms with Crippen LogP contribution in [0.2, 0.25) is 0 Å². The number of rotatable bonds is 6. The molecule has 36 heavy (non-hydrogen) atoms. The minimum atomic E-state index is -5.29. The van der Waals surface area contributed by atoms with Gasteiger partial charge in [0.25, 0.3) is 16.9 Å². The molecule has 2 aromatic heterocycles. The van der Waals surface area contributed by atoms with Crippen LogP contribution in [0.5, 0.6) is 0 Å². The number of hydrogen-bond acceptors (Lipinski definition) is 5. The van der Waals surface area contributed by atoms with Crippen LogP contribution in [0.4, 0.5) is 36.4 Å². The van der Waals surface area contributed by atoms with Crippen molar-refractivity contribution in [3.63, 3.8) is 0 Å². The van der Waals surface area contributed by atoms with Crippen LogP contribution < -0.4 is 10.0 Å². The molecule has 0 aliphatic heterocycles. The van der Waals surface area contributed by atoms with E-state index in [4.69, 9.17) is 4.78 Å². The average molecular weight is 543 g/mol. The van der Waals surface area contributed by atoms with Crippen molar-refractivity contribution in [2.24, 2.45) is 5.41 Å². The van der Waals surface area contributed by atoms with Crippen LogP contribution in [0.3, 0.4) is 0 Å². The van der Waals surface area contributed by atoms with E-state index in [1.807, 2.05) is 0 Å². The van der Waals surface area contributed by atoms with E-state index in [2.05, 4.69) is 10.4 Å². The number of nitrogens with one attached hydrogen (secondary N) is 2. The largest absolute Gasteiger partial charge is 0.618 e. The molecule has 2 heterocycles. The predicted molar refractivity (Wildman–Crippen MR) is 110 cm³/mol. The number of anilines is 1. The van der Waals surface area contributed by atoms with Crippen molar-refractivity contribution in [2.45, 2.75) is 61.7 Å². The number of amides is 1. The molecule has 2 aliphatic rings. The number of carbonyl (C=O) groups excluding carboxylic acids is 1. The van der Waals surface area contributed by atoms with Crippen LogP contribution in [-0.2, 0) is 22.5 Å². The first-order chi connectivity index (χ1) is 16.2. The van der Waals surface area contributed by atoms with Crippen molar-refractivity contribution in [3.05, 3.63) is 40.5 Å². The van der Waals surface area contributed by atoms with Gasteiger partial charge in [0.15, 0.2) is 6.20 Å². The molecular weight excluding hydrogens is 523 g/mol. The van der Waals surface area contributed by atoms with E-state index in [9.17, 15) is 44.9 Å². The first-order valence-electron chi connectivity index (χ1n) is 10.4. The van der Waals surface area contributed by atoms with Gasteiger partial charge in [-0.1, -0.05) is 6.92 Å². The zero-order valence-corrected chi connectivity index (χ0v) is 19.6. The lowest BCUT2D eigenvalue weighted by molar-refractivity contribution is -0.646. The Labute approximate surface area is 200 Å². The Morgan fingerprint density at radius 3 is 2.39 bits per heavy atom. The van der Waals surface area contributed by atoms with Gasteiger partial charge in [0.1, 0.15) is 21.0 Å². The third-order valence-electron chi connectivity index (χ3n) is 6.08. The maximum absolute atomic E-state index is 14.1. The second kappa shape index (κ2) is 7.79. The van der Waals surface area contributed by atoms with Crippen molar-refractivity contribution >= 4 is 21.3 Å². The second-order valence-electron chi connectivity index (χ2n) is 9.68. The van der Waals surface area contributed by atoms with Gasteiger partial charge in [-0.3, -0.25) is 9.48 Å². The van der Waals surface area contributed by atoms with Crippen molar-refractivity contribution < 1.29 is 44.5 Å². The van der Waals surface area contributed by atoms with Crippen molar-refractivity contribution in [2.75, 3.05) is 11.6 Å². The van der Waals surface area contributed by atoms with E-state index in [0.29, 0.717) is 4.68 Å². The zero-order chi connectivity index (χ0) is 27.1. The number of hydrogen-bond donors (Lipinski definition) is 2. The van der Waals surface area contributed by atoms with Gasteiger partial charge >= 0.3 is 6.18 Å². The fourth-order valence-electron chi connectivity index (χ4n) is 4.55. The minimum Gasteiger partial charge on any atom is -0.618 e. The quantitative estimate of drug-likeness (QED) is 0.320. The number of pyridine rings is 1. The highest BCUT2D eigenvalue weighted by atomic mass is 32.2. The van der Waals surface area contributed by atoms with Gasteiger partial charge in [-0.15, -0.1) is 0 Å². The highest BCUT2D eigenvalue weighted by Crippen LogP contribution is 2.58. The normalized spacial score (nSPS) is 23.4. The number of halogens is 7. The Bertz CT molecular complexity index is 1350. The molecule has 16 heteroatoms. The summed E-state index contributed by atoms with van der Waals surface area (Å²) in [7, 11) is -3.59. The molecule has 2 aliphatic carbocycles. The third kappa shape index (κ3) is 4.86. The Kier molecular flexibility index (Phi) is 5.66. The van der Waals surface area contributed by atoms with Crippen LogP contribution in [0, 0.1) is 15.4 Å². The molecule has 0 aromatic carbocycles. The third-order valence-corrected chi connectivity index (χ3v) is 7.17. The molecule has 1 amide bonds. The lowest BCUT2D eigenvalue weighted by atomic mass is 9.67. The average Bonchev–Trinajstić information content (AvgIpc) is 3.12. The molecule has 0 radical (unpaired) electrons. The van der Waals surface area contributed by atoms with E-state index in [1.54, 1.807) is 0 Å². The summed E-state index contributed by atoms with van der Waals surface area (Å²) in [5.74, 6) is -9.87. The standard InChI is InChI=1S/C20H20F7N5O3S/c1-17(7-18(21,22)8-17)9-31-15(13(20(25,26)27)14(30-31)11-6-19(11,23)24)16(33)29-10-3-4-32(34)12(5-10)36(2,28)35/h3-5,11,28H,6-9H2,1-2H3,(H,29,33). The highest BCUT2D eigenvalue weighted by molar-refractivity contribution is 7.91. The summed E-state index contributed by atoms with van der Waals surface area (Å²) in [6.45, 7) is 0.790. The van der Waals surface area contributed by atoms with E-state index >= 15 is 0 Å². The van der Waals surface area contributed by atoms with Crippen molar-refractivity contribution in [1.29, 1.82) is 4.78 Å². The summed E-state index contributed by atoms with van der Waals surface area (Å²) >= 11 is 0. The van der Waals surface area contributed by atoms with Gasteiger partial charge in [0.05, 0.1) is 17.3 Å². The van der Waals surface area contributed by atoms with Crippen molar-refractivity contribution in [1.82, 2.24) is 9.78 Å². The molecule has 2 aromatic rings. The molecule has 8 nitrogen and oxygen atoms in total. The predicted octanol–water partition coefficient (Wildman–Crippen LogP) is 4.38. The van der Waals surface area contributed by atoms with Crippen LogP contribution in [0.25, 0.3) is 0 Å². The van der Waals surface area contributed by atoms with Crippen LogP contribution in [-0.4, -0.2) is 38.0 Å². The molecule has 4 rings (SSSR count). The molecule has 2 N–H and O–H groups in total. The smallest absolute Gasteiger partial charge is 0.420 e. The molecule has 0 saturated heterocycles. The van der Waals surface area contributed by atoms with E-state index in [0.717, 1.165) is 24.6 Å². The topological polar surface area (TPSA) is 115 Å². The van der Waals surface area contributed by atoms with E-state index < -0.39 is 92.8 Å².